The SMILES string of the molecule is Cc1ccc(S(=O)(=O)NCC2CC3CCN2CC3CN2CCC(Cc3ccccc3)CC2)cc1. The molecule has 4 atom stereocenters. The van der Waals surface area contributed by atoms with Crippen LogP contribution in [0.1, 0.15) is 36.8 Å². The number of nitrogens with one attached hydrogen (secondary N) is 1. The van der Waals surface area contributed by atoms with E-state index in [9.17, 15) is 8.42 Å². The van der Waals surface area contributed by atoms with Gasteiger partial charge >= 0.3 is 0 Å². The topological polar surface area (TPSA) is 52.7 Å². The summed E-state index contributed by atoms with van der Waals surface area (Å²) < 4.78 is 28.3. The summed E-state index contributed by atoms with van der Waals surface area (Å²) in [7, 11) is -3.44. The summed E-state index contributed by atoms with van der Waals surface area (Å²) in [5.74, 6) is 2.27. The van der Waals surface area contributed by atoms with E-state index in [1.807, 2.05) is 19.1 Å². The zero-order valence-electron chi connectivity index (χ0n) is 20.4. The quantitative estimate of drug-likeness (QED) is 0.621. The van der Waals surface area contributed by atoms with Crippen LogP contribution < -0.4 is 4.72 Å². The van der Waals surface area contributed by atoms with E-state index in [2.05, 4.69) is 44.9 Å². The summed E-state index contributed by atoms with van der Waals surface area (Å²) in [5, 5.41) is 0. The van der Waals surface area contributed by atoms with Crippen molar-refractivity contribution in [2.75, 3.05) is 39.3 Å². The van der Waals surface area contributed by atoms with Gasteiger partial charge in [0.05, 0.1) is 4.90 Å². The zero-order valence-corrected chi connectivity index (χ0v) is 21.2. The monoisotopic (exact) mass is 481 g/mol. The highest BCUT2D eigenvalue weighted by Gasteiger charge is 2.41. The normalized spacial score (nSPS) is 28.3. The minimum absolute atomic E-state index is 0.326. The standard InChI is InChI=1S/C28H39N3O2S/c1-22-7-9-28(10-8-22)34(32,33)29-19-27-18-25-13-16-31(27)21-26(25)20-30-14-11-24(12-15-30)17-23-5-3-2-4-6-23/h2-10,24-27,29H,11-21H2,1H3. The van der Waals surface area contributed by atoms with Crippen molar-refractivity contribution < 1.29 is 8.42 Å². The van der Waals surface area contributed by atoms with Crippen LogP contribution in [0.3, 0.4) is 0 Å². The first kappa shape index (κ1) is 24.0. The second-order valence-electron chi connectivity index (χ2n) is 10.8. The number of hydrogen-bond donors (Lipinski definition) is 1. The molecule has 2 bridgehead atoms. The Kier molecular flexibility index (Phi) is 7.40. The van der Waals surface area contributed by atoms with Crippen LogP contribution >= 0.6 is 0 Å². The van der Waals surface area contributed by atoms with Gasteiger partial charge in [-0.3, -0.25) is 4.90 Å². The first-order valence-corrected chi connectivity index (χ1v) is 14.5. The summed E-state index contributed by atoms with van der Waals surface area (Å²) in [5.41, 5.74) is 2.54. The van der Waals surface area contributed by atoms with Gasteiger partial charge in [-0.05, 0) is 94.1 Å². The molecular weight excluding hydrogens is 442 g/mol. The predicted molar refractivity (Wildman–Crippen MR) is 137 cm³/mol. The molecule has 4 heterocycles. The molecule has 0 amide bonds. The molecular formula is C28H39N3O2S. The number of aryl methyl sites for hydroxylation is 1. The Balaban J connectivity index is 1.08. The maximum absolute atomic E-state index is 12.7. The molecule has 4 unspecified atom stereocenters. The van der Waals surface area contributed by atoms with Crippen molar-refractivity contribution in [3.05, 3.63) is 65.7 Å². The van der Waals surface area contributed by atoms with E-state index < -0.39 is 10.0 Å². The van der Waals surface area contributed by atoms with Crippen LogP contribution in [-0.2, 0) is 16.4 Å². The highest BCUT2D eigenvalue weighted by molar-refractivity contribution is 7.89. The molecule has 6 rings (SSSR count). The average Bonchev–Trinajstić information content (AvgIpc) is 2.86. The van der Waals surface area contributed by atoms with E-state index in [-0.39, 0.29) is 0 Å². The number of sulfonamides is 1. The molecule has 2 aromatic carbocycles. The number of hydrogen-bond acceptors (Lipinski definition) is 4. The molecule has 4 aliphatic rings. The highest BCUT2D eigenvalue weighted by Crippen LogP contribution is 2.37. The summed E-state index contributed by atoms with van der Waals surface area (Å²) in [6.07, 6.45) is 6.20. The lowest BCUT2D eigenvalue weighted by Crippen LogP contribution is -2.58. The fourth-order valence-corrected chi connectivity index (χ4v) is 7.40. The molecule has 0 aliphatic carbocycles. The first-order chi connectivity index (χ1) is 16.5. The summed E-state index contributed by atoms with van der Waals surface area (Å²) in [4.78, 5) is 5.61. The third-order valence-corrected chi connectivity index (χ3v) is 9.86. The van der Waals surface area contributed by atoms with E-state index in [1.54, 1.807) is 12.1 Å². The molecule has 0 saturated carbocycles. The molecule has 34 heavy (non-hydrogen) atoms. The number of piperidine rings is 4. The molecule has 4 fully saturated rings. The Labute approximate surface area is 205 Å². The molecule has 5 nitrogen and oxygen atoms in total. The Morgan fingerprint density at radius 2 is 1.68 bits per heavy atom. The molecule has 4 saturated heterocycles. The summed E-state index contributed by atoms with van der Waals surface area (Å²) >= 11 is 0. The molecule has 184 valence electrons. The van der Waals surface area contributed by atoms with Crippen LogP contribution in [0, 0.1) is 24.7 Å². The average molecular weight is 482 g/mol. The Morgan fingerprint density at radius 3 is 2.35 bits per heavy atom. The van der Waals surface area contributed by atoms with E-state index >= 15 is 0 Å². The second kappa shape index (κ2) is 10.5. The summed E-state index contributed by atoms with van der Waals surface area (Å²) in [6, 6.07) is 18.4. The van der Waals surface area contributed by atoms with Crippen molar-refractivity contribution in [2.45, 2.75) is 50.0 Å². The van der Waals surface area contributed by atoms with Crippen molar-refractivity contribution in [1.82, 2.24) is 14.5 Å². The number of likely N-dealkylation sites (tertiary alicyclic amines) is 1. The van der Waals surface area contributed by atoms with E-state index in [4.69, 9.17) is 0 Å². The lowest BCUT2D eigenvalue weighted by atomic mass is 9.75. The smallest absolute Gasteiger partial charge is 0.240 e. The Hall–Kier alpha value is -1.73. The van der Waals surface area contributed by atoms with Gasteiger partial charge < -0.3 is 4.90 Å². The van der Waals surface area contributed by atoms with Crippen molar-refractivity contribution >= 4 is 10.0 Å². The van der Waals surface area contributed by atoms with E-state index in [0.29, 0.717) is 17.5 Å². The number of rotatable bonds is 8. The lowest BCUT2D eigenvalue weighted by molar-refractivity contribution is -0.0139. The van der Waals surface area contributed by atoms with Crippen molar-refractivity contribution in [3.63, 3.8) is 0 Å². The Morgan fingerprint density at radius 1 is 0.941 bits per heavy atom. The molecule has 0 spiro atoms. The van der Waals surface area contributed by atoms with E-state index in [0.717, 1.165) is 42.8 Å². The van der Waals surface area contributed by atoms with Crippen LogP contribution in [0.4, 0.5) is 0 Å². The van der Waals surface area contributed by atoms with Gasteiger partial charge in [-0.15, -0.1) is 0 Å². The van der Waals surface area contributed by atoms with Crippen molar-refractivity contribution in [2.24, 2.45) is 17.8 Å². The van der Waals surface area contributed by atoms with Gasteiger partial charge in [0.1, 0.15) is 0 Å². The number of benzene rings is 2. The van der Waals surface area contributed by atoms with Gasteiger partial charge in [-0.2, -0.15) is 0 Å². The van der Waals surface area contributed by atoms with Crippen molar-refractivity contribution in [1.29, 1.82) is 0 Å². The molecule has 2 aromatic rings. The fourth-order valence-electron chi connectivity index (χ4n) is 6.33. The van der Waals surface area contributed by atoms with Crippen LogP contribution in [0.5, 0.6) is 0 Å². The highest BCUT2D eigenvalue weighted by atomic mass is 32.2. The van der Waals surface area contributed by atoms with Gasteiger partial charge in [0.15, 0.2) is 0 Å². The second-order valence-corrected chi connectivity index (χ2v) is 12.6. The summed E-state index contributed by atoms with van der Waals surface area (Å²) in [6.45, 7) is 8.37. The van der Waals surface area contributed by atoms with E-state index in [1.165, 1.54) is 50.9 Å². The molecule has 4 aliphatic heterocycles. The zero-order chi connectivity index (χ0) is 23.5. The van der Waals surface area contributed by atoms with Gasteiger partial charge in [-0.25, -0.2) is 13.1 Å². The minimum atomic E-state index is -3.44. The van der Waals surface area contributed by atoms with Crippen LogP contribution in [-0.4, -0.2) is 63.5 Å². The fraction of sp³-hybridized carbons (Fsp3) is 0.571. The van der Waals surface area contributed by atoms with Crippen LogP contribution in [0.15, 0.2) is 59.5 Å². The van der Waals surface area contributed by atoms with Crippen LogP contribution in [0.2, 0.25) is 0 Å². The third-order valence-electron chi connectivity index (χ3n) is 8.42. The largest absolute Gasteiger partial charge is 0.303 e. The molecule has 6 heteroatoms. The molecule has 0 aromatic heterocycles. The maximum Gasteiger partial charge on any atom is 0.240 e. The van der Waals surface area contributed by atoms with Gasteiger partial charge in [-0.1, -0.05) is 48.0 Å². The minimum Gasteiger partial charge on any atom is -0.303 e. The number of fused-ring (bicyclic) bond motifs is 3. The van der Waals surface area contributed by atoms with Crippen molar-refractivity contribution in [3.8, 4) is 0 Å². The van der Waals surface area contributed by atoms with Crippen LogP contribution in [0.25, 0.3) is 0 Å². The number of nitrogens with zero attached hydrogens (tertiary/aromatic N) is 2. The molecule has 0 radical (unpaired) electrons. The predicted octanol–water partition coefficient (Wildman–Crippen LogP) is 3.94. The lowest BCUT2D eigenvalue weighted by Gasteiger charge is -2.51. The molecule has 1 N–H and O–H groups in total. The third kappa shape index (κ3) is 5.73. The first-order valence-electron chi connectivity index (χ1n) is 13.0. The van der Waals surface area contributed by atoms with Gasteiger partial charge in [0.2, 0.25) is 10.0 Å². The maximum atomic E-state index is 12.7. The van der Waals surface area contributed by atoms with Gasteiger partial charge in [0, 0.05) is 25.7 Å². The Bertz CT molecular complexity index is 1030. The van der Waals surface area contributed by atoms with Gasteiger partial charge in [0.25, 0.3) is 0 Å².